The first-order chi connectivity index (χ1) is 16.6. The van der Waals surface area contributed by atoms with Crippen molar-refractivity contribution >= 4 is 22.8 Å². The van der Waals surface area contributed by atoms with Gasteiger partial charge in [0.2, 0.25) is 0 Å². The molecule has 9 nitrogen and oxygen atoms in total. The van der Waals surface area contributed by atoms with Gasteiger partial charge in [-0.05, 0) is 49.6 Å². The summed E-state index contributed by atoms with van der Waals surface area (Å²) < 4.78 is 4.17. The van der Waals surface area contributed by atoms with E-state index in [9.17, 15) is 9.90 Å². The third-order valence-electron chi connectivity index (χ3n) is 6.49. The minimum absolute atomic E-state index is 0.0412. The number of rotatable bonds is 8. The molecule has 5 rings (SSSR count). The lowest BCUT2D eigenvalue weighted by molar-refractivity contribution is 0.198. The van der Waals surface area contributed by atoms with Gasteiger partial charge in [-0.25, -0.2) is 9.78 Å². The lowest BCUT2D eigenvalue weighted by Gasteiger charge is -2.33. The predicted molar refractivity (Wildman–Crippen MR) is 130 cm³/mol. The Morgan fingerprint density at radius 1 is 1.21 bits per heavy atom. The molecular formula is C25H29N7O2. The van der Waals surface area contributed by atoms with Crippen molar-refractivity contribution in [1.82, 2.24) is 29.6 Å². The lowest BCUT2D eigenvalue weighted by atomic mass is 9.96. The number of nitrogens with one attached hydrogen (secondary N) is 1. The topological polar surface area (TPSA) is 101 Å². The van der Waals surface area contributed by atoms with Gasteiger partial charge in [-0.1, -0.05) is 6.07 Å². The number of hydrogen-bond donors (Lipinski definition) is 2. The number of anilines is 1. The van der Waals surface area contributed by atoms with E-state index in [4.69, 9.17) is 4.98 Å². The Labute approximate surface area is 198 Å². The van der Waals surface area contributed by atoms with Crippen LogP contribution in [0.4, 0.5) is 10.5 Å². The molecule has 0 saturated heterocycles. The summed E-state index contributed by atoms with van der Waals surface area (Å²) in [6.07, 6.45) is 8.83. The van der Waals surface area contributed by atoms with Gasteiger partial charge in [0.05, 0.1) is 16.7 Å². The van der Waals surface area contributed by atoms with Crippen molar-refractivity contribution in [2.45, 2.75) is 51.9 Å². The van der Waals surface area contributed by atoms with Gasteiger partial charge in [-0.3, -0.25) is 14.6 Å². The van der Waals surface area contributed by atoms with Crippen molar-refractivity contribution in [3.63, 3.8) is 0 Å². The normalized spacial score (nSPS) is 15.6. The Bertz CT molecular complexity index is 1270. The van der Waals surface area contributed by atoms with Crippen LogP contribution in [0.2, 0.25) is 0 Å². The maximum Gasteiger partial charge on any atom is 0.412 e. The largest absolute Gasteiger partial charge is 0.465 e. The van der Waals surface area contributed by atoms with Crippen LogP contribution in [0.15, 0.2) is 55.1 Å². The molecule has 34 heavy (non-hydrogen) atoms. The summed E-state index contributed by atoms with van der Waals surface area (Å²) >= 11 is 0. The van der Waals surface area contributed by atoms with Crippen LogP contribution in [0.5, 0.6) is 0 Å². The molecule has 0 unspecified atom stereocenters. The summed E-state index contributed by atoms with van der Waals surface area (Å²) in [5.41, 5.74) is 4.90. The van der Waals surface area contributed by atoms with E-state index in [1.165, 1.54) is 4.90 Å². The maximum absolute atomic E-state index is 11.9. The van der Waals surface area contributed by atoms with Gasteiger partial charge in [0.1, 0.15) is 5.82 Å². The van der Waals surface area contributed by atoms with E-state index in [2.05, 4.69) is 26.0 Å². The van der Waals surface area contributed by atoms with E-state index >= 15 is 0 Å². The number of imidazole rings is 1. The predicted octanol–water partition coefficient (Wildman–Crippen LogP) is 3.48. The quantitative estimate of drug-likeness (QED) is 0.391. The molecule has 1 aliphatic rings. The molecule has 1 aliphatic heterocycles. The average molecular weight is 460 g/mol. The standard InChI is InChI=1S/C25H29N7O2/c1-18-5-6-20-21(32(18)25(33)34)7-8-22-24(20)29-23(9-14-30-13-3-11-28-30)31(22)15-12-27-17-19-4-2-10-26-16-19/h2-4,7-8,10-11,13,16,18,27H,5-6,9,12,14-15,17H2,1H3,(H,33,34)/t18-/m0/s1. The fraction of sp³-hybridized carbons (Fsp3) is 0.360. The Balaban J connectivity index is 1.44. The molecule has 0 saturated carbocycles. The van der Waals surface area contributed by atoms with Gasteiger partial charge in [0, 0.05) is 69.0 Å². The molecule has 0 aliphatic carbocycles. The van der Waals surface area contributed by atoms with E-state index in [1.807, 2.05) is 48.3 Å². The van der Waals surface area contributed by atoms with Crippen molar-refractivity contribution in [2.24, 2.45) is 0 Å². The molecule has 0 bridgehead atoms. The third kappa shape index (κ3) is 4.38. The monoisotopic (exact) mass is 459 g/mol. The van der Waals surface area contributed by atoms with Crippen LogP contribution in [0, 0.1) is 0 Å². The second kappa shape index (κ2) is 9.64. The van der Waals surface area contributed by atoms with E-state index in [0.29, 0.717) is 0 Å². The van der Waals surface area contributed by atoms with E-state index in [-0.39, 0.29) is 6.04 Å². The van der Waals surface area contributed by atoms with Gasteiger partial charge < -0.3 is 15.0 Å². The zero-order chi connectivity index (χ0) is 23.5. The minimum atomic E-state index is -0.911. The van der Waals surface area contributed by atoms with Crippen LogP contribution in [0.25, 0.3) is 11.0 Å². The number of benzene rings is 1. The molecule has 4 heterocycles. The lowest BCUT2D eigenvalue weighted by Crippen LogP contribution is -2.41. The smallest absolute Gasteiger partial charge is 0.412 e. The number of hydrogen-bond acceptors (Lipinski definition) is 5. The van der Waals surface area contributed by atoms with E-state index in [1.54, 1.807) is 12.4 Å². The van der Waals surface area contributed by atoms with Crippen LogP contribution < -0.4 is 10.2 Å². The van der Waals surface area contributed by atoms with Gasteiger partial charge in [0.15, 0.2) is 0 Å². The number of amides is 1. The highest BCUT2D eigenvalue weighted by Gasteiger charge is 2.30. The zero-order valence-electron chi connectivity index (χ0n) is 19.3. The van der Waals surface area contributed by atoms with E-state index in [0.717, 1.165) is 79.1 Å². The molecule has 2 N–H and O–H groups in total. The van der Waals surface area contributed by atoms with Gasteiger partial charge in [0.25, 0.3) is 0 Å². The summed E-state index contributed by atoms with van der Waals surface area (Å²) in [6, 6.07) is 9.85. The molecule has 0 spiro atoms. The van der Waals surface area contributed by atoms with Crippen LogP contribution in [0.1, 0.15) is 30.3 Å². The highest BCUT2D eigenvalue weighted by Crippen LogP contribution is 2.36. The zero-order valence-corrected chi connectivity index (χ0v) is 19.3. The van der Waals surface area contributed by atoms with Gasteiger partial charge in [-0.15, -0.1) is 0 Å². The first-order valence-electron chi connectivity index (χ1n) is 11.7. The van der Waals surface area contributed by atoms with Crippen molar-refractivity contribution in [3.05, 3.63) is 72.1 Å². The molecule has 176 valence electrons. The fourth-order valence-electron chi connectivity index (χ4n) is 4.78. The summed E-state index contributed by atoms with van der Waals surface area (Å²) in [5.74, 6) is 0.988. The van der Waals surface area contributed by atoms with Crippen LogP contribution in [-0.4, -0.2) is 48.1 Å². The molecule has 9 heteroatoms. The summed E-state index contributed by atoms with van der Waals surface area (Å²) in [4.78, 5) is 22.6. The van der Waals surface area contributed by atoms with Gasteiger partial charge in [-0.2, -0.15) is 5.10 Å². The summed E-state index contributed by atoms with van der Waals surface area (Å²) in [7, 11) is 0. The summed E-state index contributed by atoms with van der Waals surface area (Å²) in [6.45, 7) is 5.00. The SMILES string of the molecule is C[C@H]1CCc2c(ccc3c2nc(CCn2cccn2)n3CCNCc2cccnc2)N1C(=O)O. The molecule has 1 atom stereocenters. The number of pyridine rings is 1. The highest BCUT2D eigenvalue weighted by molar-refractivity contribution is 5.94. The summed E-state index contributed by atoms with van der Waals surface area (Å²) in [5, 5.41) is 17.6. The minimum Gasteiger partial charge on any atom is -0.465 e. The Kier molecular flexibility index (Phi) is 6.27. The highest BCUT2D eigenvalue weighted by atomic mass is 16.4. The van der Waals surface area contributed by atoms with Gasteiger partial charge >= 0.3 is 6.09 Å². The fourth-order valence-corrected chi connectivity index (χ4v) is 4.78. The average Bonchev–Trinajstić information content (AvgIpc) is 3.48. The van der Waals surface area contributed by atoms with Crippen LogP contribution in [-0.2, 0) is 32.5 Å². The Hall–Kier alpha value is -3.72. The number of aryl methyl sites for hydroxylation is 3. The van der Waals surface area contributed by atoms with Crippen molar-refractivity contribution < 1.29 is 9.90 Å². The molecule has 0 radical (unpaired) electrons. The first kappa shape index (κ1) is 22.1. The van der Waals surface area contributed by atoms with Crippen molar-refractivity contribution in [3.8, 4) is 0 Å². The second-order valence-electron chi connectivity index (χ2n) is 8.71. The second-order valence-corrected chi connectivity index (χ2v) is 8.71. The number of nitrogens with zero attached hydrogens (tertiary/aromatic N) is 6. The molecular weight excluding hydrogens is 430 g/mol. The Morgan fingerprint density at radius 2 is 2.12 bits per heavy atom. The molecule has 0 fully saturated rings. The third-order valence-corrected chi connectivity index (χ3v) is 6.49. The Morgan fingerprint density at radius 3 is 2.88 bits per heavy atom. The number of carbonyl (C=O) groups is 1. The number of carboxylic acid groups (broad SMARTS) is 1. The van der Waals surface area contributed by atoms with Crippen LogP contribution in [0.3, 0.4) is 0 Å². The van der Waals surface area contributed by atoms with Crippen molar-refractivity contribution in [1.29, 1.82) is 0 Å². The van der Waals surface area contributed by atoms with Crippen molar-refractivity contribution in [2.75, 3.05) is 11.4 Å². The number of aromatic nitrogens is 5. The first-order valence-corrected chi connectivity index (χ1v) is 11.7. The molecule has 4 aromatic rings. The molecule has 1 aromatic carbocycles. The van der Waals surface area contributed by atoms with Crippen LogP contribution >= 0.6 is 0 Å². The molecule has 3 aromatic heterocycles. The molecule has 1 amide bonds. The number of fused-ring (bicyclic) bond motifs is 3. The van der Waals surface area contributed by atoms with E-state index < -0.39 is 6.09 Å². The maximum atomic E-state index is 11.9.